The normalized spacial score (nSPS) is 14.8. The molecule has 3 rings (SSSR count). The first-order valence-electron chi connectivity index (χ1n) is 8.33. The van der Waals surface area contributed by atoms with Gasteiger partial charge in [0, 0.05) is 31.7 Å². The molecule has 148 valence electrons. The van der Waals surface area contributed by atoms with Gasteiger partial charge in [-0.05, 0) is 42.5 Å². The highest BCUT2D eigenvalue weighted by atomic mass is 32.2. The van der Waals surface area contributed by atoms with Crippen molar-refractivity contribution in [3.8, 4) is 0 Å². The number of carbonyl (C=O) groups is 2. The van der Waals surface area contributed by atoms with Gasteiger partial charge in [0.2, 0.25) is 10.0 Å². The van der Waals surface area contributed by atoms with Crippen molar-refractivity contribution in [2.75, 3.05) is 26.2 Å². The van der Waals surface area contributed by atoms with Crippen LogP contribution in [0.2, 0.25) is 0 Å². The Morgan fingerprint density at radius 2 is 1.39 bits per heavy atom. The molecule has 1 fully saturated rings. The highest BCUT2D eigenvalue weighted by Gasteiger charge is 2.27. The van der Waals surface area contributed by atoms with Gasteiger partial charge in [-0.3, -0.25) is 9.59 Å². The lowest BCUT2D eigenvalue weighted by atomic mass is 10.1. The topological polar surface area (TPSA) is 101 Å². The highest BCUT2D eigenvalue weighted by molar-refractivity contribution is 7.89. The fourth-order valence-electron chi connectivity index (χ4n) is 2.90. The van der Waals surface area contributed by atoms with Gasteiger partial charge in [0.15, 0.2) is 0 Å². The molecule has 0 aliphatic carbocycles. The van der Waals surface area contributed by atoms with Crippen molar-refractivity contribution in [1.82, 2.24) is 9.80 Å². The summed E-state index contributed by atoms with van der Waals surface area (Å²) in [6.07, 6.45) is 0. The third-order valence-electron chi connectivity index (χ3n) is 4.44. The van der Waals surface area contributed by atoms with Crippen LogP contribution >= 0.6 is 0 Å². The monoisotopic (exact) mass is 409 g/mol. The van der Waals surface area contributed by atoms with Crippen molar-refractivity contribution in [3.05, 3.63) is 65.2 Å². The van der Waals surface area contributed by atoms with E-state index < -0.39 is 33.1 Å². The summed E-state index contributed by atoms with van der Waals surface area (Å²) in [5.74, 6) is -2.29. The van der Waals surface area contributed by atoms with Crippen LogP contribution in [0, 0.1) is 11.6 Å². The Morgan fingerprint density at radius 3 is 1.93 bits per heavy atom. The minimum Gasteiger partial charge on any atom is -0.335 e. The van der Waals surface area contributed by atoms with Gasteiger partial charge < -0.3 is 9.80 Å². The Bertz CT molecular complexity index is 1020. The van der Waals surface area contributed by atoms with Crippen LogP contribution in [-0.4, -0.2) is 56.2 Å². The molecule has 0 aromatic heterocycles. The fourth-order valence-corrected chi connectivity index (χ4v) is 3.44. The fraction of sp³-hybridized carbons (Fsp3) is 0.222. The number of rotatable bonds is 3. The van der Waals surface area contributed by atoms with E-state index in [1.54, 1.807) is 0 Å². The Kier molecular flexibility index (Phi) is 5.43. The number of hydrogen-bond acceptors (Lipinski definition) is 4. The second-order valence-electron chi connectivity index (χ2n) is 6.28. The molecular weight excluding hydrogens is 392 g/mol. The zero-order valence-electron chi connectivity index (χ0n) is 14.6. The number of piperazine rings is 1. The lowest BCUT2D eigenvalue weighted by Gasteiger charge is -2.35. The Labute approximate surface area is 160 Å². The molecule has 0 unspecified atom stereocenters. The van der Waals surface area contributed by atoms with Gasteiger partial charge in [-0.1, -0.05) is 0 Å². The number of hydrogen-bond donors (Lipinski definition) is 1. The number of halogens is 2. The maximum Gasteiger partial charge on any atom is 0.256 e. The van der Waals surface area contributed by atoms with Crippen molar-refractivity contribution < 1.29 is 26.8 Å². The quantitative estimate of drug-likeness (QED) is 0.823. The summed E-state index contributed by atoms with van der Waals surface area (Å²) in [5.41, 5.74) is -0.0714. The van der Waals surface area contributed by atoms with Gasteiger partial charge in [-0.2, -0.15) is 0 Å². The predicted molar refractivity (Wildman–Crippen MR) is 96.0 cm³/mol. The molecule has 0 radical (unpaired) electrons. The van der Waals surface area contributed by atoms with Crippen LogP contribution in [0.25, 0.3) is 0 Å². The van der Waals surface area contributed by atoms with Crippen LogP contribution in [-0.2, 0) is 10.0 Å². The number of nitrogens with zero attached hydrogens (tertiary/aromatic N) is 2. The number of carbonyl (C=O) groups excluding carboxylic acids is 2. The number of sulfonamides is 1. The average molecular weight is 409 g/mol. The zero-order chi connectivity index (χ0) is 20.5. The first-order valence-corrected chi connectivity index (χ1v) is 9.88. The summed E-state index contributed by atoms with van der Waals surface area (Å²) in [4.78, 5) is 27.5. The van der Waals surface area contributed by atoms with Crippen LogP contribution < -0.4 is 5.14 Å². The molecule has 1 aliphatic heterocycles. The largest absolute Gasteiger partial charge is 0.335 e. The van der Waals surface area contributed by atoms with Gasteiger partial charge in [0.05, 0.1) is 10.5 Å². The van der Waals surface area contributed by atoms with Crippen LogP contribution in [0.1, 0.15) is 20.7 Å². The Hall–Kier alpha value is -2.85. The summed E-state index contributed by atoms with van der Waals surface area (Å²) in [6, 6.07) is 7.90. The standard InChI is InChI=1S/C18H17F2N3O4S/c19-13-3-1-12(2-4-13)17(24)22-7-9-23(10-8-22)18(25)15-11-14(28(21,26)27)5-6-16(15)20/h1-6,11H,7-10H2,(H2,21,26,27). The van der Waals surface area contributed by atoms with Gasteiger partial charge in [0.25, 0.3) is 11.8 Å². The number of nitrogens with two attached hydrogens (primary N) is 1. The molecule has 0 saturated carbocycles. The minimum absolute atomic E-state index is 0.144. The predicted octanol–water partition coefficient (Wildman–Crippen LogP) is 1.21. The van der Waals surface area contributed by atoms with Gasteiger partial charge in [-0.25, -0.2) is 22.3 Å². The molecule has 0 atom stereocenters. The molecule has 2 aromatic carbocycles. The van der Waals surface area contributed by atoms with E-state index in [9.17, 15) is 26.8 Å². The van der Waals surface area contributed by atoms with E-state index >= 15 is 0 Å². The summed E-state index contributed by atoms with van der Waals surface area (Å²) in [5, 5.41) is 5.03. The van der Waals surface area contributed by atoms with E-state index in [-0.39, 0.29) is 37.0 Å². The van der Waals surface area contributed by atoms with Crippen LogP contribution in [0.5, 0.6) is 0 Å². The molecular formula is C18H17F2N3O4S. The Balaban J connectivity index is 1.70. The maximum atomic E-state index is 14.0. The molecule has 1 heterocycles. The summed E-state index contributed by atoms with van der Waals surface area (Å²) in [6.45, 7) is 0.701. The molecule has 1 aliphatic rings. The van der Waals surface area contributed by atoms with Gasteiger partial charge in [-0.15, -0.1) is 0 Å². The van der Waals surface area contributed by atoms with Crippen molar-refractivity contribution >= 4 is 21.8 Å². The van der Waals surface area contributed by atoms with Crippen LogP contribution in [0.15, 0.2) is 47.4 Å². The highest BCUT2D eigenvalue weighted by Crippen LogP contribution is 2.18. The number of primary sulfonamides is 1. The van der Waals surface area contributed by atoms with Crippen molar-refractivity contribution in [1.29, 1.82) is 0 Å². The second-order valence-corrected chi connectivity index (χ2v) is 7.84. The molecule has 10 heteroatoms. The lowest BCUT2D eigenvalue weighted by Crippen LogP contribution is -2.50. The van der Waals surface area contributed by atoms with Crippen molar-refractivity contribution in [2.45, 2.75) is 4.90 Å². The molecule has 0 spiro atoms. The smallest absolute Gasteiger partial charge is 0.256 e. The van der Waals surface area contributed by atoms with Gasteiger partial charge >= 0.3 is 0 Å². The Morgan fingerprint density at radius 1 is 0.857 bits per heavy atom. The van der Waals surface area contributed by atoms with E-state index in [0.717, 1.165) is 18.2 Å². The number of amides is 2. The van der Waals surface area contributed by atoms with E-state index in [1.165, 1.54) is 34.1 Å². The molecule has 0 bridgehead atoms. The first kappa shape index (κ1) is 19.9. The molecule has 2 aromatic rings. The third-order valence-corrected chi connectivity index (χ3v) is 5.35. The molecule has 28 heavy (non-hydrogen) atoms. The molecule has 2 amide bonds. The van der Waals surface area contributed by atoms with E-state index in [2.05, 4.69) is 0 Å². The van der Waals surface area contributed by atoms with Gasteiger partial charge in [0.1, 0.15) is 11.6 Å². The van der Waals surface area contributed by atoms with E-state index in [1.807, 2.05) is 0 Å². The van der Waals surface area contributed by atoms with Crippen molar-refractivity contribution in [2.24, 2.45) is 5.14 Å². The number of benzene rings is 2. The van der Waals surface area contributed by atoms with E-state index in [4.69, 9.17) is 5.14 Å². The molecule has 7 nitrogen and oxygen atoms in total. The summed E-state index contributed by atoms with van der Waals surface area (Å²) in [7, 11) is -4.08. The van der Waals surface area contributed by atoms with Crippen molar-refractivity contribution in [3.63, 3.8) is 0 Å². The zero-order valence-corrected chi connectivity index (χ0v) is 15.5. The molecule has 2 N–H and O–H groups in total. The van der Waals surface area contributed by atoms with Crippen LogP contribution in [0.3, 0.4) is 0 Å². The maximum absolute atomic E-state index is 14.0. The van der Waals surface area contributed by atoms with E-state index in [0.29, 0.717) is 5.56 Å². The third kappa shape index (κ3) is 4.18. The van der Waals surface area contributed by atoms with Crippen LogP contribution in [0.4, 0.5) is 8.78 Å². The minimum atomic E-state index is -4.08. The summed E-state index contributed by atoms with van der Waals surface area (Å²) < 4.78 is 49.9. The SMILES string of the molecule is NS(=O)(=O)c1ccc(F)c(C(=O)N2CCN(C(=O)c3ccc(F)cc3)CC2)c1. The summed E-state index contributed by atoms with van der Waals surface area (Å²) >= 11 is 0. The first-order chi connectivity index (χ1) is 13.2. The average Bonchev–Trinajstić information content (AvgIpc) is 2.67. The molecule has 1 saturated heterocycles. The second kappa shape index (κ2) is 7.64. The lowest BCUT2D eigenvalue weighted by molar-refractivity contribution is 0.0532.